The standard InChI is InChI=1S/C18H24O5/c1-2-23-18(21)10-6-9-15(13-17(19)20)11-12-22-14-16-7-4-3-5-8-16/h3-5,7-8,13H,2,6,9-12,14H2,1H3,(H,19,20)/b15-13+. The predicted molar refractivity (Wildman–Crippen MR) is 86.9 cm³/mol. The molecule has 23 heavy (non-hydrogen) atoms. The highest BCUT2D eigenvalue weighted by Gasteiger charge is 2.06. The van der Waals surface area contributed by atoms with Gasteiger partial charge >= 0.3 is 11.9 Å². The summed E-state index contributed by atoms with van der Waals surface area (Å²) in [5.74, 6) is -1.22. The quantitative estimate of drug-likeness (QED) is 0.384. The van der Waals surface area contributed by atoms with Gasteiger partial charge in [0.1, 0.15) is 0 Å². The number of carbonyl (C=O) groups excluding carboxylic acids is 1. The highest BCUT2D eigenvalue weighted by atomic mass is 16.5. The second-order valence-electron chi connectivity index (χ2n) is 5.09. The van der Waals surface area contributed by atoms with Crippen LogP contribution in [0.4, 0.5) is 0 Å². The molecule has 5 nitrogen and oxygen atoms in total. The Bertz CT molecular complexity index is 507. The molecule has 0 saturated heterocycles. The zero-order valence-electron chi connectivity index (χ0n) is 13.5. The van der Waals surface area contributed by atoms with Crippen LogP contribution in [-0.2, 0) is 25.7 Å². The third kappa shape index (κ3) is 9.47. The molecule has 0 aliphatic carbocycles. The van der Waals surface area contributed by atoms with E-state index in [4.69, 9.17) is 14.6 Å². The van der Waals surface area contributed by atoms with E-state index in [1.807, 2.05) is 30.3 Å². The van der Waals surface area contributed by atoms with E-state index in [0.29, 0.717) is 45.5 Å². The molecule has 5 heteroatoms. The molecule has 0 amide bonds. The van der Waals surface area contributed by atoms with E-state index in [1.54, 1.807) is 6.92 Å². The predicted octanol–water partition coefficient (Wildman–Crippen LogP) is 3.34. The number of rotatable bonds is 11. The fraction of sp³-hybridized carbons (Fsp3) is 0.444. The molecule has 1 aromatic rings. The van der Waals surface area contributed by atoms with Crippen molar-refractivity contribution in [1.82, 2.24) is 0 Å². The number of carbonyl (C=O) groups is 2. The highest BCUT2D eigenvalue weighted by Crippen LogP contribution is 2.13. The van der Waals surface area contributed by atoms with Crippen molar-refractivity contribution in [2.24, 2.45) is 0 Å². The number of hydrogen-bond acceptors (Lipinski definition) is 4. The Morgan fingerprint density at radius 1 is 1.13 bits per heavy atom. The van der Waals surface area contributed by atoms with Gasteiger partial charge in [0.05, 0.1) is 19.8 Å². The minimum Gasteiger partial charge on any atom is -0.478 e. The number of carboxylic acids is 1. The van der Waals surface area contributed by atoms with Crippen LogP contribution < -0.4 is 0 Å². The fourth-order valence-corrected chi connectivity index (χ4v) is 2.10. The van der Waals surface area contributed by atoms with E-state index in [1.165, 1.54) is 6.08 Å². The Morgan fingerprint density at radius 3 is 2.52 bits per heavy atom. The van der Waals surface area contributed by atoms with Gasteiger partial charge in [0.15, 0.2) is 0 Å². The van der Waals surface area contributed by atoms with Crippen LogP contribution in [0.3, 0.4) is 0 Å². The van der Waals surface area contributed by atoms with Crippen LogP contribution in [-0.4, -0.2) is 30.3 Å². The second kappa shape index (κ2) is 11.4. The van der Waals surface area contributed by atoms with E-state index in [2.05, 4.69) is 0 Å². The molecule has 0 radical (unpaired) electrons. The third-order valence-electron chi connectivity index (χ3n) is 3.19. The third-order valence-corrected chi connectivity index (χ3v) is 3.19. The van der Waals surface area contributed by atoms with Gasteiger partial charge in [-0.25, -0.2) is 4.79 Å². The van der Waals surface area contributed by atoms with Crippen molar-refractivity contribution >= 4 is 11.9 Å². The molecule has 1 rings (SSSR count). The highest BCUT2D eigenvalue weighted by molar-refractivity contribution is 5.80. The zero-order chi connectivity index (χ0) is 16.9. The number of benzene rings is 1. The molecule has 0 saturated carbocycles. The average molecular weight is 320 g/mol. The van der Waals surface area contributed by atoms with Gasteiger partial charge in [0.25, 0.3) is 0 Å². The minimum absolute atomic E-state index is 0.248. The lowest BCUT2D eigenvalue weighted by molar-refractivity contribution is -0.143. The second-order valence-corrected chi connectivity index (χ2v) is 5.09. The number of ether oxygens (including phenoxy) is 2. The van der Waals surface area contributed by atoms with Crippen molar-refractivity contribution in [2.45, 2.75) is 39.2 Å². The van der Waals surface area contributed by atoms with E-state index < -0.39 is 5.97 Å². The van der Waals surface area contributed by atoms with Crippen LogP contribution in [0.5, 0.6) is 0 Å². The van der Waals surface area contributed by atoms with Crippen LogP contribution in [0.15, 0.2) is 42.0 Å². The molecule has 0 aromatic heterocycles. The van der Waals surface area contributed by atoms with Crippen LogP contribution in [0, 0.1) is 0 Å². The van der Waals surface area contributed by atoms with Crippen molar-refractivity contribution in [3.8, 4) is 0 Å². The van der Waals surface area contributed by atoms with E-state index in [-0.39, 0.29) is 5.97 Å². The monoisotopic (exact) mass is 320 g/mol. The maximum absolute atomic E-state index is 11.3. The summed E-state index contributed by atoms with van der Waals surface area (Å²) in [6, 6.07) is 9.80. The van der Waals surface area contributed by atoms with Crippen LogP contribution in [0.25, 0.3) is 0 Å². The number of aliphatic carboxylic acids is 1. The number of carboxylic acid groups (broad SMARTS) is 1. The summed E-state index contributed by atoms with van der Waals surface area (Å²) in [5.41, 5.74) is 1.86. The van der Waals surface area contributed by atoms with Crippen LogP contribution >= 0.6 is 0 Å². The molecular formula is C18H24O5. The summed E-state index contributed by atoms with van der Waals surface area (Å²) in [7, 11) is 0. The summed E-state index contributed by atoms with van der Waals surface area (Å²) in [6.45, 7) is 3.08. The van der Waals surface area contributed by atoms with Crippen molar-refractivity contribution in [3.63, 3.8) is 0 Å². The van der Waals surface area contributed by atoms with Crippen molar-refractivity contribution in [2.75, 3.05) is 13.2 Å². The van der Waals surface area contributed by atoms with Crippen molar-refractivity contribution < 1.29 is 24.2 Å². The van der Waals surface area contributed by atoms with Gasteiger partial charge in [-0.2, -0.15) is 0 Å². The van der Waals surface area contributed by atoms with Crippen molar-refractivity contribution in [1.29, 1.82) is 0 Å². The summed E-state index contributed by atoms with van der Waals surface area (Å²) in [6.07, 6.45) is 3.19. The number of esters is 1. The van der Waals surface area contributed by atoms with Crippen molar-refractivity contribution in [3.05, 3.63) is 47.5 Å². The molecule has 0 aliphatic heterocycles. The van der Waals surface area contributed by atoms with Gasteiger partial charge in [-0.15, -0.1) is 0 Å². The molecule has 0 bridgehead atoms. The Balaban J connectivity index is 2.31. The molecule has 0 aliphatic rings. The van der Waals surface area contributed by atoms with Gasteiger partial charge in [0.2, 0.25) is 0 Å². The first kappa shape index (κ1) is 18.9. The maximum Gasteiger partial charge on any atom is 0.328 e. The zero-order valence-corrected chi connectivity index (χ0v) is 13.5. The minimum atomic E-state index is -0.973. The number of hydrogen-bond donors (Lipinski definition) is 1. The van der Waals surface area contributed by atoms with E-state index >= 15 is 0 Å². The first-order chi connectivity index (χ1) is 11.1. The molecule has 0 fully saturated rings. The normalized spacial score (nSPS) is 11.3. The fourth-order valence-electron chi connectivity index (χ4n) is 2.10. The Hall–Kier alpha value is -2.14. The lowest BCUT2D eigenvalue weighted by atomic mass is 10.1. The van der Waals surface area contributed by atoms with Gasteiger partial charge in [0, 0.05) is 12.5 Å². The summed E-state index contributed by atoms with van der Waals surface area (Å²) < 4.78 is 10.4. The molecule has 126 valence electrons. The van der Waals surface area contributed by atoms with E-state index in [0.717, 1.165) is 11.1 Å². The topological polar surface area (TPSA) is 72.8 Å². The van der Waals surface area contributed by atoms with Crippen LogP contribution in [0.1, 0.15) is 38.2 Å². The lowest BCUT2D eigenvalue weighted by Crippen LogP contribution is -2.04. The first-order valence-electron chi connectivity index (χ1n) is 7.81. The smallest absolute Gasteiger partial charge is 0.328 e. The molecule has 1 aromatic carbocycles. The Kier molecular flexibility index (Phi) is 9.40. The molecule has 0 heterocycles. The van der Waals surface area contributed by atoms with Gasteiger partial charge in [-0.05, 0) is 31.7 Å². The molecule has 0 unspecified atom stereocenters. The van der Waals surface area contributed by atoms with E-state index in [9.17, 15) is 9.59 Å². The Labute approximate surface area is 136 Å². The summed E-state index contributed by atoms with van der Waals surface area (Å²) in [4.78, 5) is 22.1. The summed E-state index contributed by atoms with van der Waals surface area (Å²) >= 11 is 0. The largest absolute Gasteiger partial charge is 0.478 e. The lowest BCUT2D eigenvalue weighted by Gasteiger charge is -2.08. The molecule has 0 spiro atoms. The first-order valence-corrected chi connectivity index (χ1v) is 7.81. The maximum atomic E-state index is 11.3. The SMILES string of the molecule is CCOC(=O)CCC/C(=C\C(=O)O)CCOCc1ccccc1. The summed E-state index contributed by atoms with van der Waals surface area (Å²) in [5, 5.41) is 8.90. The molecular weight excluding hydrogens is 296 g/mol. The average Bonchev–Trinajstić information content (AvgIpc) is 2.52. The molecule has 1 N–H and O–H groups in total. The van der Waals surface area contributed by atoms with Gasteiger partial charge in [-0.3, -0.25) is 4.79 Å². The van der Waals surface area contributed by atoms with Gasteiger partial charge < -0.3 is 14.6 Å². The Morgan fingerprint density at radius 2 is 1.87 bits per heavy atom. The molecule has 0 atom stereocenters. The van der Waals surface area contributed by atoms with Crippen LogP contribution in [0.2, 0.25) is 0 Å². The van der Waals surface area contributed by atoms with Gasteiger partial charge in [-0.1, -0.05) is 35.9 Å².